The molecule has 0 saturated carbocycles. The number of carbonyl (C=O) groups is 2. The van der Waals surface area contributed by atoms with Crippen LogP contribution < -0.4 is 4.74 Å². The summed E-state index contributed by atoms with van der Waals surface area (Å²) in [4.78, 5) is 25.3. The summed E-state index contributed by atoms with van der Waals surface area (Å²) in [5.41, 5.74) is 0.653. The van der Waals surface area contributed by atoms with Crippen LogP contribution >= 0.6 is 24.0 Å². The molecule has 24 heavy (non-hydrogen) atoms. The lowest BCUT2D eigenvalue weighted by Gasteiger charge is -2.21. The van der Waals surface area contributed by atoms with E-state index in [0.717, 1.165) is 16.7 Å². The first kappa shape index (κ1) is 18.3. The lowest BCUT2D eigenvalue weighted by atomic mass is 10.1. The summed E-state index contributed by atoms with van der Waals surface area (Å²) in [7, 11) is 0. The molecule has 1 saturated heterocycles. The maximum absolute atomic E-state index is 12.5. The molecular weight excluding hydrogens is 350 g/mol. The van der Waals surface area contributed by atoms with Crippen LogP contribution in [0.5, 0.6) is 11.5 Å². The zero-order chi connectivity index (χ0) is 17.9. The Hall–Kier alpha value is -2.06. The van der Waals surface area contributed by atoms with Gasteiger partial charge in [-0.25, -0.2) is 4.79 Å². The molecule has 1 aliphatic rings. The minimum atomic E-state index is -1.08. The zero-order valence-electron chi connectivity index (χ0n) is 13.2. The van der Waals surface area contributed by atoms with Crippen LogP contribution in [0.1, 0.15) is 25.8 Å². The summed E-state index contributed by atoms with van der Waals surface area (Å²) in [6.45, 7) is 3.89. The molecule has 1 aliphatic heterocycles. The Morgan fingerprint density at radius 3 is 2.75 bits per heavy atom. The van der Waals surface area contributed by atoms with E-state index in [1.54, 1.807) is 32.1 Å². The van der Waals surface area contributed by atoms with Gasteiger partial charge in [0.1, 0.15) is 10.4 Å². The van der Waals surface area contributed by atoms with E-state index in [-0.39, 0.29) is 16.5 Å². The average molecular weight is 367 g/mol. The highest BCUT2D eigenvalue weighted by molar-refractivity contribution is 8.26. The number of carboxylic acids is 1. The third-order valence-electron chi connectivity index (χ3n) is 3.39. The maximum atomic E-state index is 12.5. The molecule has 1 fully saturated rings. The third kappa shape index (κ3) is 3.70. The van der Waals surface area contributed by atoms with Crippen LogP contribution in [-0.2, 0) is 9.59 Å². The Kier molecular flexibility index (Phi) is 5.84. The Balaban J connectivity index is 2.32. The van der Waals surface area contributed by atoms with Crippen LogP contribution in [-0.4, -0.2) is 44.0 Å². The number of amides is 1. The number of benzene rings is 1. The van der Waals surface area contributed by atoms with Crippen LogP contribution in [0, 0.1) is 0 Å². The van der Waals surface area contributed by atoms with Crippen molar-refractivity contribution >= 4 is 46.3 Å². The monoisotopic (exact) mass is 367 g/mol. The number of hydrogen-bond acceptors (Lipinski definition) is 6. The quantitative estimate of drug-likeness (QED) is 0.590. The van der Waals surface area contributed by atoms with Crippen LogP contribution in [0.25, 0.3) is 6.08 Å². The molecule has 2 rings (SSSR count). The lowest BCUT2D eigenvalue weighted by Crippen LogP contribution is -2.43. The zero-order valence-corrected chi connectivity index (χ0v) is 14.8. The normalized spacial score (nSPS) is 17.4. The van der Waals surface area contributed by atoms with Crippen molar-refractivity contribution in [2.75, 3.05) is 6.61 Å². The standard InChI is InChI=1S/C16H17NO5S2/c1-3-10(15(20)21)17-14(19)13(24-16(17)23)8-9-5-6-11(18)12(7-9)22-4-2/h5-8,10,18H,3-4H2,1-2H3,(H,20,21)/b13-8+/t10-/m0/s1. The average Bonchev–Trinajstić information content (AvgIpc) is 2.79. The van der Waals surface area contributed by atoms with Crippen molar-refractivity contribution in [3.8, 4) is 11.5 Å². The van der Waals surface area contributed by atoms with E-state index >= 15 is 0 Å². The first-order valence-electron chi connectivity index (χ1n) is 7.34. The Morgan fingerprint density at radius 1 is 1.46 bits per heavy atom. The van der Waals surface area contributed by atoms with Gasteiger partial charge >= 0.3 is 5.97 Å². The van der Waals surface area contributed by atoms with E-state index < -0.39 is 17.9 Å². The van der Waals surface area contributed by atoms with Gasteiger partial charge in [0.15, 0.2) is 11.5 Å². The molecule has 1 heterocycles. The van der Waals surface area contributed by atoms with E-state index in [1.807, 2.05) is 0 Å². The number of aromatic hydroxyl groups is 1. The maximum Gasteiger partial charge on any atom is 0.326 e. The van der Waals surface area contributed by atoms with Gasteiger partial charge in [0.25, 0.3) is 5.91 Å². The minimum absolute atomic E-state index is 0.0125. The molecule has 0 bridgehead atoms. The van der Waals surface area contributed by atoms with E-state index in [9.17, 15) is 19.8 Å². The molecular formula is C16H17NO5S2. The predicted octanol–water partition coefficient (Wildman–Crippen LogP) is 2.86. The number of aliphatic carboxylic acids is 1. The van der Waals surface area contributed by atoms with Crippen molar-refractivity contribution in [2.24, 2.45) is 0 Å². The number of rotatable bonds is 6. The summed E-state index contributed by atoms with van der Waals surface area (Å²) in [6.07, 6.45) is 1.87. The van der Waals surface area contributed by atoms with E-state index in [0.29, 0.717) is 22.8 Å². The second-order valence-electron chi connectivity index (χ2n) is 4.97. The molecule has 1 aromatic carbocycles. The minimum Gasteiger partial charge on any atom is -0.504 e. The lowest BCUT2D eigenvalue weighted by molar-refractivity contribution is -0.145. The molecule has 0 aliphatic carbocycles. The van der Waals surface area contributed by atoms with Crippen LogP contribution in [0.2, 0.25) is 0 Å². The Bertz CT molecular complexity index is 716. The van der Waals surface area contributed by atoms with Gasteiger partial charge in [-0.1, -0.05) is 37.0 Å². The van der Waals surface area contributed by atoms with Gasteiger partial charge in [-0.15, -0.1) is 0 Å². The highest BCUT2D eigenvalue weighted by Crippen LogP contribution is 2.36. The van der Waals surface area contributed by atoms with Crippen molar-refractivity contribution in [3.63, 3.8) is 0 Å². The van der Waals surface area contributed by atoms with Crippen molar-refractivity contribution in [2.45, 2.75) is 26.3 Å². The van der Waals surface area contributed by atoms with E-state index in [2.05, 4.69) is 0 Å². The highest BCUT2D eigenvalue weighted by atomic mass is 32.2. The summed E-state index contributed by atoms with van der Waals surface area (Å²) in [5, 5.41) is 19.0. The predicted molar refractivity (Wildman–Crippen MR) is 96.0 cm³/mol. The number of ether oxygens (including phenoxy) is 1. The van der Waals surface area contributed by atoms with Crippen molar-refractivity contribution in [3.05, 3.63) is 28.7 Å². The van der Waals surface area contributed by atoms with Gasteiger partial charge in [0.2, 0.25) is 0 Å². The number of phenolic OH excluding ortho intramolecular Hbond substituents is 1. The molecule has 6 nitrogen and oxygen atoms in total. The molecule has 1 aromatic rings. The van der Waals surface area contributed by atoms with Crippen molar-refractivity contribution in [1.82, 2.24) is 4.90 Å². The number of carbonyl (C=O) groups excluding carboxylic acids is 1. The number of hydrogen-bond donors (Lipinski definition) is 2. The third-order valence-corrected chi connectivity index (χ3v) is 4.72. The Labute approximate surface area is 149 Å². The fraction of sp³-hybridized carbons (Fsp3) is 0.312. The van der Waals surface area contributed by atoms with Crippen molar-refractivity contribution in [1.29, 1.82) is 0 Å². The van der Waals surface area contributed by atoms with Crippen LogP contribution in [0.4, 0.5) is 0 Å². The van der Waals surface area contributed by atoms with E-state index in [1.165, 1.54) is 6.07 Å². The summed E-state index contributed by atoms with van der Waals surface area (Å²) in [5.74, 6) is -1.18. The SMILES string of the molecule is CCOc1cc(/C=C2/SC(=S)N([C@@H](CC)C(=O)O)C2=O)ccc1O. The topological polar surface area (TPSA) is 87.1 Å². The van der Waals surface area contributed by atoms with Gasteiger partial charge in [-0.3, -0.25) is 9.69 Å². The van der Waals surface area contributed by atoms with E-state index in [4.69, 9.17) is 17.0 Å². The van der Waals surface area contributed by atoms with Crippen molar-refractivity contribution < 1.29 is 24.5 Å². The second kappa shape index (κ2) is 7.67. The van der Waals surface area contributed by atoms with Gasteiger partial charge in [-0.05, 0) is 37.1 Å². The number of phenols is 1. The van der Waals surface area contributed by atoms with Gasteiger partial charge in [0, 0.05) is 0 Å². The van der Waals surface area contributed by atoms with Crippen LogP contribution in [0.15, 0.2) is 23.1 Å². The molecule has 0 spiro atoms. The van der Waals surface area contributed by atoms with Gasteiger partial charge in [0.05, 0.1) is 11.5 Å². The number of nitrogens with zero attached hydrogens (tertiary/aromatic N) is 1. The molecule has 0 aromatic heterocycles. The first-order chi connectivity index (χ1) is 11.4. The fourth-order valence-electron chi connectivity index (χ4n) is 2.26. The molecule has 1 atom stereocenters. The number of thiocarbonyl (C=S) groups is 1. The summed E-state index contributed by atoms with van der Waals surface area (Å²) in [6, 6.07) is 3.75. The van der Waals surface area contributed by atoms with Crippen LogP contribution in [0.3, 0.4) is 0 Å². The molecule has 1 amide bonds. The van der Waals surface area contributed by atoms with Gasteiger partial charge in [-0.2, -0.15) is 0 Å². The number of carboxylic acid groups (broad SMARTS) is 1. The smallest absolute Gasteiger partial charge is 0.326 e. The Morgan fingerprint density at radius 2 is 2.17 bits per heavy atom. The fourth-order valence-corrected chi connectivity index (χ4v) is 3.62. The molecule has 2 N–H and O–H groups in total. The molecule has 128 valence electrons. The number of thioether (sulfide) groups is 1. The largest absolute Gasteiger partial charge is 0.504 e. The molecule has 0 unspecified atom stereocenters. The van der Waals surface area contributed by atoms with Gasteiger partial charge < -0.3 is 14.9 Å². The molecule has 0 radical (unpaired) electrons. The summed E-state index contributed by atoms with van der Waals surface area (Å²) >= 11 is 6.22. The first-order valence-corrected chi connectivity index (χ1v) is 8.57. The summed E-state index contributed by atoms with van der Waals surface area (Å²) < 4.78 is 5.54. The second-order valence-corrected chi connectivity index (χ2v) is 6.65. The highest BCUT2D eigenvalue weighted by Gasteiger charge is 2.39. The molecule has 8 heteroatoms.